The second kappa shape index (κ2) is 8.41. The Morgan fingerprint density at radius 1 is 1.21 bits per heavy atom. The van der Waals surface area contributed by atoms with Gasteiger partial charge in [-0.15, -0.1) is 0 Å². The number of aliphatic hydroxyl groups is 1. The summed E-state index contributed by atoms with van der Waals surface area (Å²) in [7, 11) is 0. The monoisotopic (exact) mass is 481 g/mol. The fourth-order valence-electron chi connectivity index (χ4n) is 5.09. The maximum Gasteiger partial charge on any atom is 0.418 e. The van der Waals surface area contributed by atoms with Crippen LogP contribution in [-0.2, 0) is 12.6 Å². The van der Waals surface area contributed by atoms with E-state index in [1.54, 1.807) is 13.8 Å². The summed E-state index contributed by atoms with van der Waals surface area (Å²) in [5, 5.41) is 13.3. The van der Waals surface area contributed by atoms with Gasteiger partial charge in [-0.05, 0) is 36.8 Å². The number of alkyl halides is 3. The van der Waals surface area contributed by atoms with Crippen LogP contribution in [0.4, 0.5) is 23.2 Å². The molecule has 0 radical (unpaired) electrons. The van der Waals surface area contributed by atoms with Crippen molar-refractivity contribution in [3.63, 3.8) is 0 Å². The van der Waals surface area contributed by atoms with Crippen LogP contribution in [0.15, 0.2) is 18.3 Å². The third-order valence-electron chi connectivity index (χ3n) is 6.65. The fraction of sp³-hybridized carbons (Fsp3) is 0.500. The predicted molar refractivity (Wildman–Crippen MR) is 118 cm³/mol. The van der Waals surface area contributed by atoms with E-state index in [1.165, 1.54) is 10.6 Å². The van der Waals surface area contributed by atoms with Gasteiger partial charge >= 0.3 is 6.18 Å². The number of nitrogens with zero attached hydrogens (tertiary/aromatic N) is 1. The number of hydrogen-bond acceptors (Lipinski definition) is 4. The number of Topliss-reactive ketones (excluding diaryl/α,β-unsaturated/α-hetero) is 1. The Labute approximate surface area is 194 Å². The first-order valence-electron chi connectivity index (χ1n) is 11.2. The summed E-state index contributed by atoms with van der Waals surface area (Å²) in [5.74, 6) is -2.66. The van der Waals surface area contributed by atoms with Crippen molar-refractivity contribution in [1.82, 2.24) is 4.57 Å². The average molecular weight is 481 g/mol. The number of nitrogens with two attached hydrogens (primary N) is 1. The number of benzene rings is 1. The molecule has 2 atom stereocenters. The number of aliphatic hydroxyl groups excluding tert-OH is 1. The number of rotatable bonds is 4. The minimum atomic E-state index is -4.77. The van der Waals surface area contributed by atoms with Gasteiger partial charge < -0.3 is 20.7 Å². The molecule has 1 aromatic heterocycles. The van der Waals surface area contributed by atoms with Crippen LogP contribution < -0.4 is 11.1 Å². The number of carbonyl (C=O) groups excluding carboxylic acids is 2. The van der Waals surface area contributed by atoms with E-state index in [-0.39, 0.29) is 29.9 Å². The molecule has 0 saturated heterocycles. The van der Waals surface area contributed by atoms with Crippen molar-refractivity contribution in [3.8, 4) is 5.69 Å². The molecule has 1 amide bonds. The number of halogens is 4. The fourth-order valence-corrected chi connectivity index (χ4v) is 5.09. The van der Waals surface area contributed by atoms with Gasteiger partial charge in [0.15, 0.2) is 5.78 Å². The summed E-state index contributed by atoms with van der Waals surface area (Å²) in [4.78, 5) is 24.7. The summed E-state index contributed by atoms with van der Waals surface area (Å²) in [6, 6.07) is 1.82. The van der Waals surface area contributed by atoms with Crippen LogP contribution in [0.5, 0.6) is 0 Å². The molecule has 4 rings (SSSR count). The van der Waals surface area contributed by atoms with E-state index in [1.807, 2.05) is 0 Å². The first kappa shape index (κ1) is 24.3. The first-order valence-corrected chi connectivity index (χ1v) is 11.2. The summed E-state index contributed by atoms with van der Waals surface area (Å²) >= 11 is 0. The normalized spacial score (nSPS) is 22.4. The van der Waals surface area contributed by atoms with Crippen LogP contribution in [0, 0.1) is 11.2 Å². The highest BCUT2D eigenvalue weighted by Crippen LogP contribution is 2.43. The van der Waals surface area contributed by atoms with Crippen LogP contribution >= 0.6 is 0 Å². The van der Waals surface area contributed by atoms with E-state index in [9.17, 15) is 27.9 Å². The molecule has 0 bridgehead atoms. The summed E-state index contributed by atoms with van der Waals surface area (Å²) < 4.78 is 57.7. The van der Waals surface area contributed by atoms with Gasteiger partial charge in [-0.25, -0.2) is 4.39 Å². The molecule has 184 valence electrons. The molecular formula is C24H27F4N3O3. The van der Waals surface area contributed by atoms with E-state index >= 15 is 4.39 Å². The van der Waals surface area contributed by atoms with Crippen molar-refractivity contribution in [3.05, 3.63) is 46.5 Å². The number of hydrogen-bond donors (Lipinski definition) is 3. The largest absolute Gasteiger partial charge is 0.418 e. The Balaban J connectivity index is 1.89. The molecule has 2 aromatic rings. The van der Waals surface area contributed by atoms with Gasteiger partial charge in [0, 0.05) is 18.3 Å². The number of nitrogens with one attached hydrogen (secondary N) is 1. The lowest BCUT2D eigenvalue weighted by molar-refractivity contribution is -0.137. The van der Waals surface area contributed by atoms with Gasteiger partial charge in [-0.2, -0.15) is 13.2 Å². The standard InChI is InChI=1S/C24H27F4N3O3/c1-23(2)9-17-20(19(33)10-23)13(24(26,27)28)11-31(17)12-7-14(25)21(22(29)34)16(8-12)30-15-5-3-4-6-18(15)32/h7-8,11,15,18,30,32H,3-6,9-10H2,1-2H3,(H2,29,34)/t15-,18-/m0/s1. The lowest BCUT2D eigenvalue weighted by Gasteiger charge is -2.31. The van der Waals surface area contributed by atoms with Gasteiger partial charge in [0.05, 0.1) is 40.2 Å². The number of fused-ring (bicyclic) bond motifs is 1. The third-order valence-corrected chi connectivity index (χ3v) is 6.65. The Morgan fingerprint density at radius 2 is 1.88 bits per heavy atom. The molecule has 6 nitrogen and oxygen atoms in total. The van der Waals surface area contributed by atoms with E-state index in [0.717, 1.165) is 25.1 Å². The van der Waals surface area contributed by atoms with E-state index in [4.69, 9.17) is 5.73 Å². The predicted octanol–water partition coefficient (Wildman–Crippen LogP) is 4.60. The summed E-state index contributed by atoms with van der Waals surface area (Å²) in [5.41, 5.74) is 3.06. The summed E-state index contributed by atoms with van der Waals surface area (Å²) in [6.07, 6.45) is -1.80. The molecule has 0 aliphatic heterocycles. The van der Waals surface area contributed by atoms with Gasteiger partial charge in [-0.1, -0.05) is 26.7 Å². The molecule has 4 N–H and O–H groups in total. The van der Waals surface area contributed by atoms with Gasteiger partial charge in [0.25, 0.3) is 5.91 Å². The van der Waals surface area contributed by atoms with Gasteiger partial charge in [-0.3, -0.25) is 9.59 Å². The van der Waals surface area contributed by atoms with E-state index in [0.29, 0.717) is 12.8 Å². The Kier molecular flexibility index (Phi) is 6.00. The third kappa shape index (κ3) is 4.43. The van der Waals surface area contributed by atoms with Crippen molar-refractivity contribution in [2.45, 2.75) is 70.7 Å². The second-order valence-electron chi connectivity index (χ2n) is 9.99. The molecule has 10 heteroatoms. The maximum absolute atomic E-state index is 15.1. The number of aromatic nitrogens is 1. The summed E-state index contributed by atoms with van der Waals surface area (Å²) in [6.45, 7) is 3.57. The van der Waals surface area contributed by atoms with E-state index in [2.05, 4.69) is 5.32 Å². The SMILES string of the molecule is CC1(C)CC(=O)c2c(C(F)(F)F)cn(-c3cc(F)c(C(N)=O)c(N[C@H]4CCCC[C@@H]4O)c3)c2C1. The van der Waals surface area contributed by atoms with E-state index < -0.39 is 57.9 Å². The molecule has 0 spiro atoms. The first-order chi connectivity index (χ1) is 15.8. The second-order valence-corrected chi connectivity index (χ2v) is 9.99. The van der Waals surface area contributed by atoms with Gasteiger partial charge in [0.2, 0.25) is 0 Å². The van der Waals surface area contributed by atoms with Crippen LogP contribution in [0.1, 0.15) is 77.9 Å². The van der Waals surface area contributed by atoms with Crippen LogP contribution in [0.25, 0.3) is 5.69 Å². The van der Waals surface area contributed by atoms with Crippen LogP contribution in [0.3, 0.4) is 0 Å². The molecule has 1 aromatic carbocycles. The van der Waals surface area contributed by atoms with Crippen LogP contribution in [-0.4, -0.2) is 33.5 Å². The van der Waals surface area contributed by atoms with Crippen LogP contribution in [0.2, 0.25) is 0 Å². The molecule has 0 unspecified atom stereocenters. The zero-order chi connectivity index (χ0) is 25.0. The lowest BCUT2D eigenvalue weighted by Crippen LogP contribution is -2.37. The molecule has 2 aliphatic carbocycles. The Hall–Kier alpha value is -2.88. The highest BCUT2D eigenvalue weighted by atomic mass is 19.4. The molecule has 1 saturated carbocycles. The highest BCUT2D eigenvalue weighted by molar-refractivity contribution is 6.01. The number of primary amides is 1. The zero-order valence-electron chi connectivity index (χ0n) is 18.9. The molecule has 1 fully saturated rings. The average Bonchev–Trinajstić information content (AvgIpc) is 3.08. The highest BCUT2D eigenvalue weighted by Gasteiger charge is 2.43. The number of ketones is 1. The Morgan fingerprint density at radius 3 is 2.50 bits per heavy atom. The quantitative estimate of drug-likeness (QED) is 0.556. The Bertz CT molecular complexity index is 1150. The number of anilines is 1. The minimum absolute atomic E-state index is 0.00847. The van der Waals surface area contributed by atoms with Crippen molar-refractivity contribution in [1.29, 1.82) is 0 Å². The smallest absolute Gasteiger partial charge is 0.391 e. The number of carbonyl (C=O) groups is 2. The van der Waals surface area contributed by atoms with Crippen molar-refractivity contribution in [2.75, 3.05) is 5.32 Å². The van der Waals surface area contributed by atoms with Crippen molar-refractivity contribution in [2.24, 2.45) is 11.1 Å². The maximum atomic E-state index is 15.1. The molecule has 1 heterocycles. The molecule has 2 aliphatic rings. The minimum Gasteiger partial charge on any atom is -0.391 e. The van der Waals surface area contributed by atoms with Crippen molar-refractivity contribution >= 4 is 17.4 Å². The van der Waals surface area contributed by atoms with Crippen molar-refractivity contribution < 1.29 is 32.3 Å². The number of amides is 1. The van der Waals surface area contributed by atoms with Gasteiger partial charge in [0.1, 0.15) is 5.82 Å². The zero-order valence-corrected chi connectivity index (χ0v) is 18.9. The molecular weight excluding hydrogens is 454 g/mol. The molecule has 34 heavy (non-hydrogen) atoms. The lowest BCUT2D eigenvalue weighted by atomic mass is 9.75. The topological polar surface area (TPSA) is 97.4 Å².